The minimum atomic E-state index is -0.378. The summed E-state index contributed by atoms with van der Waals surface area (Å²) in [7, 11) is 2.98. The van der Waals surface area contributed by atoms with Gasteiger partial charge >= 0.3 is 0 Å². The number of aliphatic hydroxyl groups excluding tert-OH is 1. The maximum atomic E-state index is 13.8. The third-order valence-corrected chi connectivity index (χ3v) is 2.43. The predicted octanol–water partition coefficient (Wildman–Crippen LogP) is 0.931. The number of methoxy groups -OCH3 is 2. The van der Waals surface area contributed by atoms with Crippen LogP contribution in [0.4, 0.5) is 4.39 Å². The van der Waals surface area contributed by atoms with Gasteiger partial charge in [-0.2, -0.15) is 0 Å². The summed E-state index contributed by atoms with van der Waals surface area (Å²) >= 11 is 0. The molecule has 0 aliphatic rings. The Morgan fingerprint density at radius 1 is 1.41 bits per heavy atom. The monoisotopic (exact) mass is 243 g/mol. The molecule has 0 bridgehead atoms. The van der Waals surface area contributed by atoms with E-state index < -0.39 is 0 Å². The molecule has 4 nitrogen and oxygen atoms in total. The van der Waals surface area contributed by atoms with Crippen LogP contribution < -0.4 is 10.1 Å². The van der Waals surface area contributed by atoms with Crippen LogP contribution in [0.2, 0.25) is 0 Å². The van der Waals surface area contributed by atoms with E-state index in [1.807, 2.05) is 0 Å². The number of hydrogen-bond acceptors (Lipinski definition) is 4. The van der Waals surface area contributed by atoms with Crippen LogP contribution in [0.25, 0.3) is 0 Å². The molecule has 0 saturated heterocycles. The molecule has 0 aliphatic heterocycles. The lowest BCUT2D eigenvalue weighted by atomic mass is 10.2. The van der Waals surface area contributed by atoms with Gasteiger partial charge in [0.05, 0.1) is 26.4 Å². The van der Waals surface area contributed by atoms with Crippen LogP contribution in [0.5, 0.6) is 5.75 Å². The largest absolute Gasteiger partial charge is 0.494 e. The van der Waals surface area contributed by atoms with Crippen molar-refractivity contribution < 1.29 is 19.0 Å². The Labute approximate surface area is 100 Å². The summed E-state index contributed by atoms with van der Waals surface area (Å²) in [5.74, 6) is -0.159. The Balaban J connectivity index is 2.62. The Kier molecular flexibility index (Phi) is 5.90. The van der Waals surface area contributed by atoms with Gasteiger partial charge < -0.3 is 19.9 Å². The highest BCUT2D eigenvalue weighted by Crippen LogP contribution is 2.19. The van der Waals surface area contributed by atoms with Gasteiger partial charge in [-0.05, 0) is 6.07 Å². The highest BCUT2D eigenvalue weighted by molar-refractivity contribution is 5.30. The van der Waals surface area contributed by atoms with Crippen molar-refractivity contribution in [2.45, 2.75) is 12.6 Å². The van der Waals surface area contributed by atoms with Crippen molar-refractivity contribution in [2.75, 3.05) is 27.4 Å². The van der Waals surface area contributed by atoms with Gasteiger partial charge in [-0.25, -0.2) is 4.39 Å². The molecule has 17 heavy (non-hydrogen) atoms. The lowest BCUT2D eigenvalue weighted by Crippen LogP contribution is -2.36. The van der Waals surface area contributed by atoms with Gasteiger partial charge in [-0.15, -0.1) is 0 Å². The Morgan fingerprint density at radius 3 is 2.76 bits per heavy atom. The lowest BCUT2D eigenvalue weighted by molar-refractivity contribution is 0.128. The number of benzene rings is 1. The normalized spacial score (nSPS) is 12.5. The zero-order valence-corrected chi connectivity index (χ0v) is 10.1. The van der Waals surface area contributed by atoms with E-state index in [0.717, 1.165) is 0 Å². The molecule has 0 aliphatic carbocycles. The minimum Gasteiger partial charge on any atom is -0.494 e. The molecule has 0 amide bonds. The SMILES string of the molecule is COCC(CO)NCc1cccc(OC)c1F. The van der Waals surface area contributed by atoms with Gasteiger partial charge in [-0.1, -0.05) is 12.1 Å². The first-order chi connectivity index (χ1) is 8.22. The van der Waals surface area contributed by atoms with E-state index >= 15 is 0 Å². The van der Waals surface area contributed by atoms with E-state index in [1.165, 1.54) is 7.11 Å². The fourth-order valence-electron chi connectivity index (χ4n) is 1.48. The van der Waals surface area contributed by atoms with Gasteiger partial charge in [0.1, 0.15) is 0 Å². The van der Waals surface area contributed by atoms with Gasteiger partial charge in [-0.3, -0.25) is 0 Å². The van der Waals surface area contributed by atoms with Crippen LogP contribution in [0.3, 0.4) is 0 Å². The molecule has 0 fully saturated rings. The number of ether oxygens (including phenoxy) is 2. The number of aliphatic hydroxyl groups is 1. The van der Waals surface area contributed by atoms with Crippen molar-refractivity contribution in [1.29, 1.82) is 0 Å². The van der Waals surface area contributed by atoms with Gasteiger partial charge in [0, 0.05) is 19.2 Å². The number of halogens is 1. The van der Waals surface area contributed by atoms with E-state index in [4.69, 9.17) is 14.6 Å². The quantitative estimate of drug-likeness (QED) is 0.748. The second kappa shape index (κ2) is 7.21. The van der Waals surface area contributed by atoms with Gasteiger partial charge in [0.25, 0.3) is 0 Å². The Morgan fingerprint density at radius 2 is 2.18 bits per heavy atom. The van der Waals surface area contributed by atoms with E-state index in [2.05, 4.69) is 5.32 Å². The van der Waals surface area contributed by atoms with E-state index in [9.17, 15) is 4.39 Å². The van der Waals surface area contributed by atoms with E-state index in [0.29, 0.717) is 18.7 Å². The van der Waals surface area contributed by atoms with Crippen molar-refractivity contribution in [3.05, 3.63) is 29.6 Å². The molecule has 0 aromatic heterocycles. The zero-order valence-electron chi connectivity index (χ0n) is 10.1. The summed E-state index contributed by atoms with van der Waals surface area (Å²) in [5, 5.41) is 12.1. The maximum absolute atomic E-state index is 13.8. The molecular formula is C12H18FNO3. The first-order valence-electron chi connectivity index (χ1n) is 5.37. The average molecular weight is 243 g/mol. The molecule has 96 valence electrons. The molecule has 0 saturated carbocycles. The van der Waals surface area contributed by atoms with Crippen LogP contribution in [0, 0.1) is 5.82 Å². The van der Waals surface area contributed by atoms with E-state index in [-0.39, 0.29) is 24.2 Å². The van der Waals surface area contributed by atoms with Crippen LogP contribution in [-0.2, 0) is 11.3 Å². The third-order valence-electron chi connectivity index (χ3n) is 2.43. The smallest absolute Gasteiger partial charge is 0.169 e. The number of nitrogens with one attached hydrogen (secondary N) is 1. The Hall–Kier alpha value is -1.17. The molecule has 5 heteroatoms. The summed E-state index contributed by atoms with van der Waals surface area (Å²) in [6.45, 7) is 0.638. The molecule has 1 aromatic carbocycles. The highest BCUT2D eigenvalue weighted by atomic mass is 19.1. The van der Waals surface area contributed by atoms with E-state index in [1.54, 1.807) is 25.3 Å². The molecular weight excluding hydrogens is 225 g/mol. The van der Waals surface area contributed by atoms with Gasteiger partial charge in [0.2, 0.25) is 0 Å². The minimum absolute atomic E-state index is 0.0561. The first-order valence-corrected chi connectivity index (χ1v) is 5.37. The zero-order chi connectivity index (χ0) is 12.7. The van der Waals surface area contributed by atoms with Crippen molar-refractivity contribution >= 4 is 0 Å². The summed E-state index contributed by atoms with van der Waals surface area (Å²) < 4.78 is 23.6. The van der Waals surface area contributed by atoms with Crippen LogP contribution in [0.1, 0.15) is 5.56 Å². The predicted molar refractivity (Wildman–Crippen MR) is 62.5 cm³/mol. The molecule has 0 radical (unpaired) electrons. The second-order valence-electron chi connectivity index (χ2n) is 3.65. The Bertz CT molecular complexity index is 347. The molecule has 1 atom stereocenters. The van der Waals surface area contributed by atoms with Crippen molar-refractivity contribution in [3.63, 3.8) is 0 Å². The molecule has 0 heterocycles. The molecule has 1 rings (SSSR count). The molecule has 0 spiro atoms. The van der Waals surface area contributed by atoms with Crippen molar-refractivity contribution in [2.24, 2.45) is 0 Å². The number of hydrogen-bond donors (Lipinski definition) is 2. The molecule has 2 N–H and O–H groups in total. The summed E-state index contributed by atoms with van der Waals surface area (Å²) in [4.78, 5) is 0. The third kappa shape index (κ3) is 3.96. The summed E-state index contributed by atoms with van der Waals surface area (Å²) in [5.41, 5.74) is 0.499. The van der Waals surface area contributed by atoms with Crippen LogP contribution >= 0.6 is 0 Å². The fourth-order valence-corrected chi connectivity index (χ4v) is 1.48. The number of rotatable bonds is 7. The van der Waals surface area contributed by atoms with Crippen LogP contribution in [-0.4, -0.2) is 38.6 Å². The molecule has 1 unspecified atom stereocenters. The van der Waals surface area contributed by atoms with Crippen molar-refractivity contribution in [1.82, 2.24) is 5.32 Å². The topological polar surface area (TPSA) is 50.7 Å². The average Bonchev–Trinajstić information content (AvgIpc) is 2.36. The summed E-state index contributed by atoms with van der Waals surface area (Å²) in [6, 6.07) is 4.76. The van der Waals surface area contributed by atoms with Crippen molar-refractivity contribution in [3.8, 4) is 5.75 Å². The van der Waals surface area contributed by atoms with Crippen LogP contribution in [0.15, 0.2) is 18.2 Å². The van der Waals surface area contributed by atoms with Gasteiger partial charge in [0.15, 0.2) is 11.6 Å². The first kappa shape index (κ1) is 13.9. The fraction of sp³-hybridized carbons (Fsp3) is 0.500. The molecule has 1 aromatic rings. The summed E-state index contributed by atoms with van der Waals surface area (Å²) in [6.07, 6.45) is 0. The standard InChI is InChI=1S/C12H18FNO3/c1-16-8-10(7-15)14-6-9-4-3-5-11(17-2)12(9)13/h3-5,10,14-15H,6-8H2,1-2H3. The lowest BCUT2D eigenvalue weighted by Gasteiger charge is -2.15. The second-order valence-corrected chi connectivity index (χ2v) is 3.65. The maximum Gasteiger partial charge on any atom is 0.169 e. The highest BCUT2D eigenvalue weighted by Gasteiger charge is 2.11.